The Morgan fingerprint density at radius 1 is 1.11 bits per heavy atom. The van der Waals surface area contributed by atoms with E-state index < -0.39 is 24.3 Å². The van der Waals surface area contributed by atoms with Gasteiger partial charge in [-0.15, -0.1) is 0 Å². The first-order valence-corrected chi connectivity index (χ1v) is 15.2. The van der Waals surface area contributed by atoms with Crippen LogP contribution in [0, 0.1) is 9.39 Å². The molecule has 0 radical (unpaired) electrons. The Morgan fingerprint density at radius 3 is 2.61 bits per heavy atom. The van der Waals surface area contributed by atoms with Gasteiger partial charge >= 0.3 is 12.0 Å². The van der Waals surface area contributed by atoms with Gasteiger partial charge in [0.2, 0.25) is 0 Å². The summed E-state index contributed by atoms with van der Waals surface area (Å²) in [5.74, 6) is 0.485. The Labute approximate surface area is 279 Å². The minimum atomic E-state index is -1.22. The third-order valence-corrected chi connectivity index (χ3v) is 7.32. The number of aliphatic hydroxyl groups is 1. The maximum Gasteiger partial charge on any atom is 0.337 e. The first-order chi connectivity index (χ1) is 22.1. The van der Waals surface area contributed by atoms with Gasteiger partial charge in [-0.05, 0) is 72.3 Å². The summed E-state index contributed by atoms with van der Waals surface area (Å²) in [6, 6.07) is 13.6. The van der Waals surface area contributed by atoms with E-state index in [1.807, 2.05) is 0 Å². The second-order valence-electron chi connectivity index (χ2n) is 9.82. The van der Waals surface area contributed by atoms with Crippen molar-refractivity contribution in [2.45, 2.75) is 32.7 Å². The molecule has 1 heterocycles. The molecule has 2 atom stereocenters. The normalized spacial score (nSPS) is 15.1. The first-order valence-electron chi connectivity index (χ1n) is 14.1. The number of esters is 1. The molecule has 0 aromatic heterocycles. The van der Waals surface area contributed by atoms with Crippen LogP contribution >= 0.6 is 22.6 Å². The van der Waals surface area contributed by atoms with Crippen LogP contribution in [-0.2, 0) is 16.1 Å². The second-order valence-corrected chi connectivity index (χ2v) is 11.1. The Balaban J connectivity index is 1.45. The quantitative estimate of drug-likeness (QED) is 0.0614. The number of nitrogens with one attached hydrogen (secondary N) is 3. The molecule has 2 amide bonds. The number of methoxy groups -OCH3 is 2. The van der Waals surface area contributed by atoms with Crippen molar-refractivity contribution in [3.8, 4) is 23.0 Å². The fraction of sp³-hybridized carbons (Fsp3) is 0.281. The van der Waals surface area contributed by atoms with E-state index >= 15 is 0 Å². The Kier molecular flexibility index (Phi) is 12.0. The number of rotatable bonds is 14. The van der Waals surface area contributed by atoms with E-state index in [-0.39, 0.29) is 24.6 Å². The number of carbonyl (C=O) groups excluding carboxylic acids is 2. The zero-order chi connectivity index (χ0) is 33.2. The second kappa shape index (κ2) is 16.1. The molecule has 0 saturated heterocycles. The van der Waals surface area contributed by atoms with Gasteiger partial charge in [-0.3, -0.25) is 5.43 Å². The number of allylic oxidation sites excluding steroid dienone is 1. The van der Waals surface area contributed by atoms with Crippen molar-refractivity contribution < 1.29 is 42.8 Å². The smallest absolute Gasteiger partial charge is 0.337 e. The molecule has 12 nitrogen and oxygen atoms in total. The summed E-state index contributed by atoms with van der Waals surface area (Å²) in [6.45, 7) is 3.48. The molecule has 4 N–H and O–H groups in total. The van der Waals surface area contributed by atoms with Crippen LogP contribution in [0.2, 0.25) is 0 Å². The van der Waals surface area contributed by atoms with E-state index in [9.17, 15) is 19.1 Å². The fourth-order valence-corrected chi connectivity index (χ4v) is 5.19. The van der Waals surface area contributed by atoms with E-state index in [1.54, 1.807) is 62.4 Å². The topological polar surface area (TPSA) is 149 Å². The summed E-state index contributed by atoms with van der Waals surface area (Å²) < 4.78 is 42.9. The van der Waals surface area contributed by atoms with Crippen molar-refractivity contribution >= 4 is 40.8 Å². The minimum absolute atomic E-state index is 0.0286. The van der Waals surface area contributed by atoms with Gasteiger partial charge in [0.05, 0.1) is 38.7 Å². The lowest BCUT2D eigenvalue weighted by Crippen LogP contribution is -2.45. The standard InChI is InChI=1S/C32H34FIN4O8/c1-5-44-25-13-19(29-28(31(40)43-4)18(2)36-32(41)37-29)10-11-24(25)45-17-27(39)38-35-15-21-12-22(34)14-26(42-3)30(21)46-16-20-8-6-7-9-23(20)33/h6-15,27,29,38-39H,5,16-17H2,1-4H3,(H2,36,37,41)/b35-15+/t27-,29+/m1/s1. The van der Waals surface area contributed by atoms with Gasteiger partial charge in [0.25, 0.3) is 0 Å². The third kappa shape index (κ3) is 8.57. The van der Waals surface area contributed by atoms with Crippen LogP contribution in [0.15, 0.2) is 71.0 Å². The maximum atomic E-state index is 14.2. The highest BCUT2D eigenvalue weighted by molar-refractivity contribution is 14.1. The van der Waals surface area contributed by atoms with Crippen molar-refractivity contribution in [1.82, 2.24) is 16.1 Å². The largest absolute Gasteiger partial charge is 0.493 e. The molecule has 3 aromatic carbocycles. The zero-order valence-electron chi connectivity index (χ0n) is 25.6. The van der Waals surface area contributed by atoms with Crippen LogP contribution < -0.4 is 35.0 Å². The Bertz CT molecular complexity index is 1630. The summed E-state index contributed by atoms with van der Waals surface area (Å²) >= 11 is 2.13. The van der Waals surface area contributed by atoms with Crippen molar-refractivity contribution in [2.75, 3.05) is 27.4 Å². The van der Waals surface area contributed by atoms with Crippen LogP contribution in [0.1, 0.15) is 36.6 Å². The average molecular weight is 749 g/mol. The highest BCUT2D eigenvalue weighted by atomic mass is 127. The Hall–Kier alpha value is -4.57. The van der Waals surface area contributed by atoms with Gasteiger partial charge in [-0.2, -0.15) is 5.10 Å². The summed E-state index contributed by atoms with van der Waals surface area (Å²) in [5.41, 5.74) is 4.72. The lowest BCUT2D eigenvalue weighted by Gasteiger charge is -2.28. The van der Waals surface area contributed by atoms with Gasteiger partial charge in [0, 0.05) is 20.4 Å². The molecular weight excluding hydrogens is 714 g/mol. The molecule has 0 unspecified atom stereocenters. The number of hydrogen-bond acceptors (Lipinski definition) is 10. The molecule has 4 rings (SSSR count). The SMILES string of the molecule is CCOc1cc([C@@H]2NC(=O)NC(C)=C2C(=O)OC)ccc1OC[C@@H](O)N/N=C/c1cc(I)cc(OC)c1OCc1ccccc1F. The zero-order valence-corrected chi connectivity index (χ0v) is 27.7. The van der Waals surface area contributed by atoms with Crippen LogP contribution in [0.5, 0.6) is 23.0 Å². The highest BCUT2D eigenvalue weighted by Gasteiger charge is 2.32. The van der Waals surface area contributed by atoms with Crippen LogP contribution in [-0.4, -0.2) is 57.0 Å². The van der Waals surface area contributed by atoms with Crippen molar-refractivity contribution in [3.05, 3.63) is 91.9 Å². The monoisotopic (exact) mass is 748 g/mol. The summed E-state index contributed by atoms with van der Waals surface area (Å²) in [5, 5.41) is 20.0. The van der Waals surface area contributed by atoms with Gasteiger partial charge in [-0.25, -0.2) is 14.0 Å². The van der Waals surface area contributed by atoms with E-state index in [4.69, 9.17) is 23.7 Å². The molecule has 1 aliphatic rings. The number of benzene rings is 3. The molecule has 3 aromatic rings. The maximum absolute atomic E-state index is 14.2. The average Bonchev–Trinajstić information content (AvgIpc) is 3.03. The molecule has 0 aliphatic carbocycles. The van der Waals surface area contributed by atoms with E-state index in [0.29, 0.717) is 52.0 Å². The van der Waals surface area contributed by atoms with Crippen molar-refractivity contribution in [1.29, 1.82) is 0 Å². The molecule has 14 heteroatoms. The molecule has 0 spiro atoms. The molecule has 1 aliphatic heterocycles. The lowest BCUT2D eigenvalue weighted by atomic mass is 9.95. The Morgan fingerprint density at radius 2 is 1.89 bits per heavy atom. The van der Waals surface area contributed by atoms with Crippen LogP contribution in [0.4, 0.5) is 9.18 Å². The number of urea groups is 1. The number of nitrogens with zero attached hydrogens (tertiary/aromatic N) is 1. The van der Waals surface area contributed by atoms with Gasteiger partial charge in [0.15, 0.2) is 29.2 Å². The molecular formula is C32H34FIN4O8. The van der Waals surface area contributed by atoms with E-state index in [2.05, 4.69) is 43.8 Å². The first kappa shape index (κ1) is 34.3. The fourth-order valence-electron chi connectivity index (χ4n) is 4.57. The van der Waals surface area contributed by atoms with Gasteiger partial charge in [0.1, 0.15) is 19.0 Å². The molecule has 0 saturated carbocycles. The predicted octanol–water partition coefficient (Wildman–Crippen LogP) is 4.54. The number of hydrogen-bond donors (Lipinski definition) is 4. The number of carbonyl (C=O) groups is 2. The van der Waals surface area contributed by atoms with Gasteiger partial charge < -0.3 is 39.4 Å². The lowest BCUT2D eigenvalue weighted by molar-refractivity contribution is -0.136. The number of aliphatic hydroxyl groups excluding tert-OH is 1. The molecule has 244 valence electrons. The molecule has 46 heavy (non-hydrogen) atoms. The number of amides is 2. The highest BCUT2D eigenvalue weighted by Crippen LogP contribution is 2.35. The van der Waals surface area contributed by atoms with E-state index in [0.717, 1.165) is 3.57 Å². The summed E-state index contributed by atoms with van der Waals surface area (Å²) in [7, 11) is 2.77. The third-order valence-electron chi connectivity index (χ3n) is 6.70. The predicted molar refractivity (Wildman–Crippen MR) is 175 cm³/mol. The van der Waals surface area contributed by atoms with Crippen LogP contribution in [0.3, 0.4) is 0 Å². The van der Waals surface area contributed by atoms with Crippen molar-refractivity contribution in [2.24, 2.45) is 5.10 Å². The van der Waals surface area contributed by atoms with Crippen molar-refractivity contribution in [3.63, 3.8) is 0 Å². The van der Waals surface area contributed by atoms with Crippen LogP contribution in [0.25, 0.3) is 0 Å². The number of hydrazone groups is 1. The number of halogens is 2. The minimum Gasteiger partial charge on any atom is -0.493 e. The summed E-state index contributed by atoms with van der Waals surface area (Å²) in [4.78, 5) is 24.6. The van der Waals surface area contributed by atoms with E-state index in [1.165, 1.54) is 26.5 Å². The number of ether oxygens (including phenoxy) is 5. The molecule has 0 bridgehead atoms. The summed E-state index contributed by atoms with van der Waals surface area (Å²) in [6.07, 6.45) is 0.227. The molecule has 0 fully saturated rings. The van der Waals surface area contributed by atoms with Gasteiger partial charge in [-0.1, -0.05) is 24.3 Å².